The fourth-order valence-electron chi connectivity index (χ4n) is 10.1. The van der Waals surface area contributed by atoms with Gasteiger partial charge in [0.05, 0.1) is 30.9 Å². The smallest absolute Gasteiger partial charge is 0.354 e. The van der Waals surface area contributed by atoms with Crippen molar-refractivity contribution in [3.8, 4) is 91.8 Å². The summed E-state index contributed by atoms with van der Waals surface area (Å²) < 4.78 is 9.27. The van der Waals surface area contributed by atoms with Crippen molar-refractivity contribution >= 4 is 27.5 Å². The quantitative estimate of drug-likeness (QED) is 0.101. The van der Waals surface area contributed by atoms with Gasteiger partial charge in [0.1, 0.15) is 40.2 Å². The second kappa shape index (κ2) is 39.0. The topological polar surface area (TPSA) is 361 Å². The molecule has 33 heteroatoms. The van der Waals surface area contributed by atoms with E-state index in [2.05, 4.69) is 211 Å². The SMILES string of the molecule is CC(C)c1c[c-]c(-c2nccn2C(C)C)cc1.CC(C)c1ccnc(-c2ncc[nH]2)c1.CC(C)c1ccnc(C(=O)O)c1.Cn1cn[c-]c1-c1nnc(-c2cncn2C)nn1.Cn1cn[c-]c1-c1nnc(-c2cncn2C)nn1.[Ir].[Ir].[Ir].[c-]1ncc2ccccc2c1-c1nnc(-c2cncc3ccccc23)nn1. The summed E-state index contributed by atoms with van der Waals surface area (Å²) in [5, 5.41) is 61.9. The number of carboxylic acid groups (broad SMARTS) is 1. The molecule has 0 atom stereocenters. The van der Waals surface area contributed by atoms with Gasteiger partial charge in [-0.25, -0.2) is 24.7 Å². The van der Waals surface area contributed by atoms with Crippen LogP contribution < -0.4 is 0 Å². The molecule has 0 aliphatic carbocycles. The molecule has 16 aromatic rings. The van der Waals surface area contributed by atoms with Gasteiger partial charge >= 0.3 is 5.97 Å². The number of hydrogen-bond donors (Lipinski definition) is 2. The molecule has 555 valence electrons. The Kier molecular flexibility index (Phi) is 29.6. The number of aromatic carboxylic acids is 1. The summed E-state index contributed by atoms with van der Waals surface area (Å²) in [5.74, 6) is 4.73. The van der Waals surface area contributed by atoms with Gasteiger partial charge < -0.3 is 47.9 Å². The average Bonchev–Trinajstić information content (AvgIpc) is 1.44. The number of carbonyl (C=O) groups is 1. The van der Waals surface area contributed by atoms with Gasteiger partial charge in [-0.2, -0.15) is 30.6 Å². The maximum Gasteiger partial charge on any atom is 0.354 e. The van der Waals surface area contributed by atoms with E-state index in [0.717, 1.165) is 67.0 Å². The molecular weight excluding hydrogens is 1900 g/mol. The van der Waals surface area contributed by atoms with Crippen LogP contribution >= 0.6 is 0 Å². The number of nitrogens with zero attached hydrogens (tertiary/aromatic N) is 27. The Morgan fingerprint density at radius 1 is 0.463 bits per heavy atom. The van der Waals surface area contributed by atoms with Crippen LogP contribution in [0.15, 0.2) is 184 Å². The zero-order chi connectivity index (χ0) is 73.9. The Morgan fingerprint density at radius 3 is 1.49 bits per heavy atom. The van der Waals surface area contributed by atoms with Gasteiger partial charge in [-0.3, -0.25) is 15.0 Å². The Balaban J connectivity index is 0.000000165. The second-order valence-corrected chi connectivity index (χ2v) is 24.7. The first-order chi connectivity index (χ1) is 50.9. The van der Waals surface area contributed by atoms with Crippen LogP contribution in [0.1, 0.15) is 106 Å². The number of aromatic amines is 1. The third kappa shape index (κ3) is 20.7. The van der Waals surface area contributed by atoms with Crippen LogP contribution in [-0.4, -0.2) is 150 Å². The first-order valence-electron chi connectivity index (χ1n) is 33.1. The van der Waals surface area contributed by atoms with Gasteiger partial charge in [0.15, 0.2) is 5.82 Å². The summed E-state index contributed by atoms with van der Waals surface area (Å²) in [7, 11) is 7.37. The zero-order valence-corrected chi connectivity index (χ0v) is 67.7. The Labute approximate surface area is 662 Å². The van der Waals surface area contributed by atoms with Crippen molar-refractivity contribution in [2.75, 3.05) is 0 Å². The van der Waals surface area contributed by atoms with Crippen molar-refractivity contribution in [1.82, 2.24) is 139 Å². The van der Waals surface area contributed by atoms with E-state index in [-0.39, 0.29) is 66.0 Å². The van der Waals surface area contributed by atoms with Gasteiger partial charge in [0, 0.05) is 141 Å². The summed E-state index contributed by atoms with van der Waals surface area (Å²) in [4.78, 5) is 54.3. The third-order valence-corrected chi connectivity index (χ3v) is 16.0. The fourth-order valence-corrected chi connectivity index (χ4v) is 10.1. The Morgan fingerprint density at radius 2 is 0.991 bits per heavy atom. The normalized spacial score (nSPS) is 10.6. The fraction of sp³-hybridized carbons (Fsp3) is 0.213. The van der Waals surface area contributed by atoms with E-state index in [1.54, 1.807) is 86.8 Å². The van der Waals surface area contributed by atoms with Crippen LogP contribution in [0.2, 0.25) is 0 Å². The van der Waals surface area contributed by atoms with Crippen molar-refractivity contribution in [3.63, 3.8) is 0 Å². The first kappa shape index (κ1) is 81.9. The molecule has 0 aliphatic rings. The van der Waals surface area contributed by atoms with E-state index >= 15 is 0 Å². The van der Waals surface area contributed by atoms with Crippen molar-refractivity contribution in [1.29, 1.82) is 0 Å². The molecule has 108 heavy (non-hydrogen) atoms. The molecule has 16 rings (SSSR count). The molecule has 0 amide bonds. The van der Waals surface area contributed by atoms with Crippen molar-refractivity contribution in [2.45, 2.75) is 79.2 Å². The molecule has 0 unspecified atom stereocenters. The number of benzene rings is 3. The molecule has 30 nitrogen and oxygen atoms in total. The van der Waals surface area contributed by atoms with Crippen LogP contribution in [0.3, 0.4) is 0 Å². The predicted octanol–water partition coefficient (Wildman–Crippen LogP) is 11.8. The maximum absolute atomic E-state index is 10.5. The van der Waals surface area contributed by atoms with E-state index in [4.69, 9.17) is 5.11 Å². The van der Waals surface area contributed by atoms with E-state index in [9.17, 15) is 4.79 Å². The monoisotopic (exact) mass is 1980 g/mol. The maximum atomic E-state index is 10.5. The van der Waals surface area contributed by atoms with Crippen molar-refractivity contribution in [2.24, 2.45) is 28.2 Å². The van der Waals surface area contributed by atoms with Crippen LogP contribution in [-0.2, 0) is 88.5 Å². The Hall–Kier alpha value is -11.7. The number of pyridine rings is 4. The molecule has 0 aliphatic heterocycles. The molecule has 0 spiro atoms. The summed E-state index contributed by atoms with van der Waals surface area (Å²) in [6.07, 6.45) is 34.5. The number of H-pyrrole nitrogens is 1. The van der Waals surface area contributed by atoms with Crippen LogP contribution in [0, 0.1) is 24.7 Å². The minimum atomic E-state index is -0.975. The van der Waals surface area contributed by atoms with Crippen molar-refractivity contribution in [3.05, 3.63) is 232 Å². The average molecular weight is 1970 g/mol. The zero-order valence-electron chi connectivity index (χ0n) is 60.6. The van der Waals surface area contributed by atoms with Gasteiger partial charge in [-0.15, -0.1) is 66.0 Å². The summed E-state index contributed by atoms with van der Waals surface area (Å²) in [5.41, 5.74) is 9.98. The van der Waals surface area contributed by atoms with Gasteiger partial charge in [-0.05, 0) is 117 Å². The van der Waals surface area contributed by atoms with E-state index in [0.29, 0.717) is 75.7 Å². The minimum Gasteiger partial charge on any atom is -0.477 e. The number of hydrogen-bond acceptors (Lipinski definition) is 23. The summed E-state index contributed by atoms with van der Waals surface area (Å²) in [6, 6.07) is 33.5. The molecule has 0 fully saturated rings. The molecule has 0 bridgehead atoms. The van der Waals surface area contributed by atoms with Gasteiger partial charge in [-0.1, -0.05) is 125 Å². The number of carboxylic acids is 1. The molecular formula is C75H72Ir3N28O2-4. The van der Waals surface area contributed by atoms with E-state index in [1.165, 1.54) is 17.3 Å². The standard InChI is InChI=1S/C20H11N6.C15H19N2.C11H13N3.2C10H9N8.C9H11NO2.3Ir/c1-3-7-15-13(5-1)9-21-11-17(15)19-23-25-20(26-24-19)18-12-22-10-14-6-2-4-8-16(14)18;1-11(2)13-5-7-14(8-6-13)15-16-9-10-17(15)12(3)4;1-8(2)9-3-4-12-10(7-9)11-13-5-6-14-11;2*1-17-5-11-3-7(17)9-13-15-10(16-14-9)8-4-12-6-18(8)2;1-6(2)7-3-4-10-8(5-7)9(11)12;;;/h1-11H;5-7,9-12H,1-4H3;3-8H,1-2H3,(H,13,14);2*3,5-6H,1-2H3;3-6H,1-2H3,(H,11,12);;;/q2*-1;;2*-1;;;;. The molecule has 13 heterocycles. The van der Waals surface area contributed by atoms with Crippen molar-refractivity contribution < 1.29 is 70.2 Å². The second-order valence-electron chi connectivity index (χ2n) is 24.7. The number of aromatic nitrogens is 28. The van der Waals surface area contributed by atoms with Crippen LogP contribution in [0.25, 0.3) is 113 Å². The number of nitrogens with one attached hydrogen (secondary N) is 1. The predicted molar refractivity (Wildman–Crippen MR) is 392 cm³/mol. The van der Waals surface area contributed by atoms with Crippen LogP contribution in [0.4, 0.5) is 0 Å². The van der Waals surface area contributed by atoms with E-state index in [1.807, 2.05) is 127 Å². The molecule has 0 saturated heterocycles. The van der Waals surface area contributed by atoms with E-state index < -0.39 is 5.97 Å². The molecule has 0 saturated carbocycles. The molecule has 3 radical (unpaired) electrons. The summed E-state index contributed by atoms with van der Waals surface area (Å²) >= 11 is 0. The third-order valence-electron chi connectivity index (χ3n) is 16.0. The molecule has 13 aromatic heterocycles. The Bertz CT molecular complexity index is 5100. The molecule has 2 N–H and O–H groups in total. The number of rotatable bonds is 13. The largest absolute Gasteiger partial charge is 0.477 e. The molecule has 3 aromatic carbocycles. The number of aryl methyl sites for hydroxylation is 4. The van der Waals surface area contributed by atoms with Gasteiger partial charge in [0.25, 0.3) is 0 Å². The van der Waals surface area contributed by atoms with Crippen LogP contribution in [0.5, 0.6) is 0 Å². The summed E-state index contributed by atoms with van der Waals surface area (Å²) in [6.45, 7) is 17.1. The number of imidazole rings is 6. The minimum absolute atomic E-state index is 0. The van der Waals surface area contributed by atoms with Gasteiger partial charge in [0.2, 0.25) is 17.5 Å². The number of fused-ring (bicyclic) bond motifs is 2. The first-order valence-corrected chi connectivity index (χ1v) is 33.1.